The molecule has 1 aliphatic heterocycles. The number of hydrogen-bond acceptors (Lipinski definition) is 6. The van der Waals surface area contributed by atoms with Crippen molar-refractivity contribution in [1.29, 1.82) is 0 Å². The summed E-state index contributed by atoms with van der Waals surface area (Å²) < 4.78 is 10.9. The summed E-state index contributed by atoms with van der Waals surface area (Å²) in [5.74, 6) is -0.117. The van der Waals surface area contributed by atoms with E-state index in [0.717, 1.165) is 17.5 Å². The van der Waals surface area contributed by atoms with E-state index >= 15 is 0 Å². The van der Waals surface area contributed by atoms with E-state index in [2.05, 4.69) is 0 Å². The smallest absolute Gasteiger partial charge is 0.336 e. The Balaban J connectivity index is 1.59. The van der Waals surface area contributed by atoms with Crippen LogP contribution in [0, 0.1) is 0 Å². The van der Waals surface area contributed by atoms with Crippen LogP contribution in [0.5, 0.6) is 5.75 Å². The highest BCUT2D eigenvalue weighted by atomic mass is 32.2. The minimum atomic E-state index is -0.455. The number of carbonyl (C=O) groups is 2. The van der Waals surface area contributed by atoms with Crippen LogP contribution in [-0.2, 0) is 14.3 Å². The molecule has 3 rings (SSSR count). The van der Waals surface area contributed by atoms with Gasteiger partial charge in [-0.3, -0.25) is 9.69 Å². The molecule has 30 heavy (non-hydrogen) atoms. The number of rotatable bonds is 8. The van der Waals surface area contributed by atoms with Crippen molar-refractivity contribution in [1.82, 2.24) is 4.90 Å². The molecule has 1 aliphatic rings. The van der Waals surface area contributed by atoms with Crippen LogP contribution in [0.15, 0.2) is 65.6 Å². The summed E-state index contributed by atoms with van der Waals surface area (Å²) in [6.45, 7) is 1.12. The number of amides is 1. The maximum Gasteiger partial charge on any atom is 0.336 e. The molecule has 2 aromatic rings. The number of thiocarbonyl (C=S) groups is 1. The van der Waals surface area contributed by atoms with E-state index in [1.54, 1.807) is 48.4 Å². The summed E-state index contributed by atoms with van der Waals surface area (Å²) in [5, 5.41) is 0. The monoisotopic (exact) mass is 439 g/mol. The Morgan fingerprint density at radius 3 is 2.53 bits per heavy atom. The summed E-state index contributed by atoms with van der Waals surface area (Å²) in [7, 11) is 1.63. The molecule has 1 heterocycles. The van der Waals surface area contributed by atoms with Crippen molar-refractivity contribution in [3.8, 4) is 5.75 Å². The Morgan fingerprint density at radius 2 is 1.83 bits per heavy atom. The van der Waals surface area contributed by atoms with E-state index in [0.29, 0.717) is 28.1 Å². The van der Waals surface area contributed by atoms with Crippen molar-refractivity contribution >= 4 is 52.3 Å². The second-order valence-electron chi connectivity index (χ2n) is 6.41. The molecule has 0 atom stereocenters. The van der Waals surface area contributed by atoms with Crippen molar-refractivity contribution in [3.63, 3.8) is 0 Å². The zero-order valence-electron chi connectivity index (χ0n) is 16.4. The van der Waals surface area contributed by atoms with Gasteiger partial charge in [-0.1, -0.05) is 66.4 Å². The van der Waals surface area contributed by atoms with Gasteiger partial charge in [0.05, 0.1) is 4.91 Å². The fourth-order valence-corrected chi connectivity index (χ4v) is 4.03. The fraction of sp³-hybridized carbons (Fsp3) is 0.174. The summed E-state index contributed by atoms with van der Waals surface area (Å²) in [6, 6.07) is 16.5. The molecular weight excluding hydrogens is 418 g/mol. The largest absolute Gasteiger partial charge is 0.423 e. The van der Waals surface area contributed by atoms with Gasteiger partial charge in [0.2, 0.25) is 0 Å². The molecule has 1 saturated heterocycles. The highest BCUT2D eigenvalue weighted by Gasteiger charge is 2.31. The van der Waals surface area contributed by atoms with Gasteiger partial charge < -0.3 is 9.47 Å². The van der Waals surface area contributed by atoms with Gasteiger partial charge in [0.15, 0.2) is 0 Å². The minimum absolute atomic E-state index is 0.0948. The summed E-state index contributed by atoms with van der Waals surface area (Å²) >= 11 is 6.60. The van der Waals surface area contributed by atoms with E-state index in [1.165, 1.54) is 17.8 Å². The first-order chi connectivity index (χ1) is 14.6. The molecule has 1 amide bonds. The number of ether oxygens (including phenoxy) is 2. The molecule has 154 valence electrons. The van der Waals surface area contributed by atoms with Crippen LogP contribution in [0.25, 0.3) is 12.2 Å². The Labute approximate surface area is 185 Å². The number of benzene rings is 2. The second kappa shape index (κ2) is 10.9. The maximum absolute atomic E-state index is 12.5. The van der Waals surface area contributed by atoms with Crippen molar-refractivity contribution in [3.05, 3.63) is 76.7 Å². The normalized spacial score (nSPS) is 15.4. The van der Waals surface area contributed by atoms with Crippen molar-refractivity contribution < 1.29 is 19.1 Å². The van der Waals surface area contributed by atoms with Gasteiger partial charge >= 0.3 is 5.97 Å². The number of thioether (sulfide) groups is 1. The molecule has 7 heteroatoms. The predicted molar refractivity (Wildman–Crippen MR) is 124 cm³/mol. The summed E-state index contributed by atoms with van der Waals surface area (Å²) in [4.78, 5) is 26.7. The first-order valence-electron chi connectivity index (χ1n) is 9.36. The van der Waals surface area contributed by atoms with Crippen molar-refractivity contribution in [2.24, 2.45) is 0 Å². The molecule has 0 saturated carbocycles. The lowest BCUT2D eigenvalue weighted by Crippen LogP contribution is -2.29. The highest BCUT2D eigenvalue weighted by Crippen LogP contribution is 2.32. The van der Waals surface area contributed by atoms with E-state index in [9.17, 15) is 9.59 Å². The van der Waals surface area contributed by atoms with Crippen LogP contribution in [0.2, 0.25) is 0 Å². The fourth-order valence-electron chi connectivity index (χ4n) is 2.72. The summed E-state index contributed by atoms with van der Waals surface area (Å²) in [6.07, 6.45) is 5.61. The minimum Gasteiger partial charge on any atom is -0.423 e. The third kappa shape index (κ3) is 6.13. The van der Waals surface area contributed by atoms with Gasteiger partial charge in [-0.15, -0.1) is 0 Å². The molecule has 1 fully saturated rings. The molecule has 0 aromatic heterocycles. The highest BCUT2D eigenvalue weighted by molar-refractivity contribution is 8.26. The molecule has 0 unspecified atom stereocenters. The van der Waals surface area contributed by atoms with E-state index in [4.69, 9.17) is 21.7 Å². The van der Waals surface area contributed by atoms with Crippen LogP contribution in [0.3, 0.4) is 0 Å². The average molecular weight is 440 g/mol. The zero-order chi connectivity index (χ0) is 21.3. The van der Waals surface area contributed by atoms with Crippen LogP contribution >= 0.6 is 24.0 Å². The molecule has 0 N–H and O–H groups in total. The van der Waals surface area contributed by atoms with Gasteiger partial charge in [-0.25, -0.2) is 4.79 Å². The number of esters is 1. The Hall–Kier alpha value is -2.74. The molecule has 2 aromatic carbocycles. The van der Waals surface area contributed by atoms with Crippen LogP contribution in [0.4, 0.5) is 0 Å². The van der Waals surface area contributed by atoms with E-state index in [-0.39, 0.29) is 5.91 Å². The SMILES string of the molecule is COCCCN1C(=O)/C(=C/c2ccc(OC(=O)/C=C/c3ccccc3)cc2)SC1=S. The zero-order valence-corrected chi connectivity index (χ0v) is 18.1. The van der Waals surface area contributed by atoms with Gasteiger partial charge in [-0.2, -0.15) is 0 Å². The van der Waals surface area contributed by atoms with Gasteiger partial charge in [0, 0.05) is 26.3 Å². The van der Waals surface area contributed by atoms with Crippen LogP contribution in [0.1, 0.15) is 17.5 Å². The van der Waals surface area contributed by atoms with Crippen LogP contribution in [-0.4, -0.2) is 41.4 Å². The van der Waals surface area contributed by atoms with Crippen molar-refractivity contribution in [2.75, 3.05) is 20.3 Å². The third-order valence-electron chi connectivity index (χ3n) is 4.21. The lowest BCUT2D eigenvalue weighted by atomic mass is 10.2. The quantitative estimate of drug-likeness (QED) is 0.198. The Morgan fingerprint density at radius 1 is 1.10 bits per heavy atom. The molecule has 0 spiro atoms. The molecule has 0 bridgehead atoms. The van der Waals surface area contributed by atoms with Gasteiger partial charge in [-0.05, 0) is 41.8 Å². The number of hydrogen-bond donors (Lipinski definition) is 0. The number of nitrogens with zero attached hydrogens (tertiary/aromatic N) is 1. The van der Waals surface area contributed by atoms with E-state index < -0.39 is 5.97 Å². The number of methoxy groups -OCH3 is 1. The standard InChI is InChI=1S/C23H21NO4S2/c1-27-15-5-14-24-22(26)20(30-23(24)29)16-18-8-11-19(12-9-18)28-21(25)13-10-17-6-3-2-4-7-17/h2-4,6-13,16H,5,14-15H2,1H3/b13-10+,20-16-. The average Bonchev–Trinajstić information content (AvgIpc) is 3.02. The second-order valence-corrected chi connectivity index (χ2v) is 8.09. The topological polar surface area (TPSA) is 55.8 Å². The Kier molecular flexibility index (Phi) is 7.96. The summed E-state index contributed by atoms with van der Waals surface area (Å²) in [5.41, 5.74) is 1.75. The molecule has 0 aliphatic carbocycles. The first-order valence-corrected chi connectivity index (χ1v) is 10.6. The molecule has 5 nitrogen and oxygen atoms in total. The van der Waals surface area contributed by atoms with Crippen LogP contribution < -0.4 is 4.74 Å². The lowest BCUT2D eigenvalue weighted by Gasteiger charge is -2.13. The third-order valence-corrected chi connectivity index (χ3v) is 5.59. The molecular formula is C23H21NO4S2. The van der Waals surface area contributed by atoms with E-state index in [1.807, 2.05) is 30.3 Å². The maximum atomic E-state index is 12.5. The van der Waals surface area contributed by atoms with Crippen molar-refractivity contribution in [2.45, 2.75) is 6.42 Å². The predicted octanol–water partition coefficient (Wildman–Crippen LogP) is 4.54. The van der Waals surface area contributed by atoms with Gasteiger partial charge in [0.1, 0.15) is 10.1 Å². The lowest BCUT2D eigenvalue weighted by molar-refractivity contribution is -0.129. The number of carbonyl (C=O) groups excluding carboxylic acids is 2. The Bertz CT molecular complexity index is 968. The molecule has 0 radical (unpaired) electrons. The first kappa shape index (κ1) is 22.0. The van der Waals surface area contributed by atoms with Gasteiger partial charge in [0.25, 0.3) is 5.91 Å².